The van der Waals surface area contributed by atoms with E-state index in [-0.39, 0.29) is 0 Å². The monoisotopic (exact) mass is 208 g/mol. The summed E-state index contributed by atoms with van der Waals surface area (Å²) in [5.41, 5.74) is 0.330. The molecule has 2 rings (SSSR count). The number of aromatic nitrogens is 2. The minimum Gasteiger partial charge on any atom is -0.331 e. The average molecular weight is 208 g/mol. The number of rotatable bonds is 2. The summed E-state index contributed by atoms with van der Waals surface area (Å²) < 4.78 is 27.9. The first-order valence-corrected chi connectivity index (χ1v) is 4.58. The van der Waals surface area contributed by atoms with Gasteiger partial charge in [-0.1, -0.05) is 0 Å². The molecule has 0 spiro atoms. The molecule has 0 amide bonds. The number of imidazole rings is 1. The lowest BCUT2D eigenvalue weighted by Gasteiger charge is -2.06. The molecular formula is C11H10F2N2. The first-order chi connectivity index (χ1) is 7.16. The normalized spacial score (nSPS) is 10.6. The Kier molecular flexibility index (Phi) is 2.49. The van der Waals surface area contributed by atoms with Crippen LogP contribution < -0.4 is 0 Å². The van der Waals surface area contributed by atoms with E-state index >= 15 is 0 Å². The fraction of sp³-hybridized carbons (Fsp3) is 0.182. The average Bonchev–Trinajstić information content (AvgIpc) is 2.58. The minimum absolute atomic E-state index is 0.301. The summed E-state index contributed by atoms with van der Waals surface area (Å²) in [5, 5.41) is 0. The minimum atomic E-state index is -0.427. The van der Waals surface area contributed by atoms with Crippen LogP contribution in [0, 0.1) is 18.6 Å². The number of nitrogens with zero attached hydrogens (tertiary/aromatic N) is 2. The fourth-order valence-corrected chi connectivity index (χ4v) is 1.42. The van der Waals surface area contributed by atoms with E-state index in [2.05, 4.69) is 4.98 Å². The maximum Gasteiger partial charge on any atom is 0.128 e. The Morgan fingerprint density at radius 3 is 2.80 bits per heavy atom. The van der Waals surface area contributed by atoms with Gasteiger partial charge in [0.05, 0.1) is 6.54 Å². The summed E-state index contributed by atoms with van der Waals surface area (Å²) in [4.78, 5) is 4.01. The molecule has 0 atom stereocenters. The molecule has 2 nitrogen and oxygen atoms in total. The van der Waals surface area contributed by atoms with Gasteiger partial charge in [-0.05, 0) is 25.1 Å². The summed E-state index contributed by atoms with van der Waals surface area (Å²) in [5.74, 6) is -0.0488. The highest BCUT2D eigenvalue weighted by molar-refractivity contribution is 5.19. The summed E-state index contributed by atoms with van der Waals surface area (Å²) in [6.45, 7) is 2.12. The molecule has 0 aliphatic rings. The van der Waals surface area contributed by atoms with Gasteiger partial charge in [-0.25, -0.2) is 13.8 Å². The highest BCUT2D eigenvalue weighted by Gasteiger charge is 2.05. The van der Waals surface area contributed by atoms with Gasteiger partial charge in [0, 0.05) is 18.0 Å². The van der Waals surface area contributed by atoms with Crippen LogP contribution in [0.4, 0.5) is 8.78 Å². The van der Waals surface area contributed by atoms with Gasteiger partial charge in [-0.3, -0.25) is 0 Å². The molecule has 0 unspecified atom stereocenters. The highest BCUT2D eigenvalue weighted by Crippen LogP contribution is 2.12. The van der Waals surface area contributed by atoms with Crippen LogP contribution in [0.3, 0.4) is 0 Å². The molecule has 0 aliphatic heterocycles. The van der Waals surface area contributed by atoms with Crippen LogP contribution >= 0.6 is 0 Å². The molecule has 0 fully saturated rings. The zero-order valence-corrected chi connectivity index (χ0v) is 8.24. The second kappa shape index (κ2) is 3.81. The highest BCUT2D eigenvalue weighted by atomic mass is 19.1. The lowest BCUT2D eigenvalue weighted by Crippen LogP contribution is -2.03. The topological polar surface area (TPSA) is 17.8 Å². The molecule has 4 heteroatoms. The van der Waals surface area contributed by atoms with Gasteiger partial charge in [0.25, 0.3) is 0 Å². The van der Waals surface area contributed by atoms with E-state index in [0.29, 0.717) is 12.1 Å². The predicted octanol–water partition coefficient (Wildman–Crippen LogP) is 2.52. The number of hydrogen-bond donors (Lipinski definition) is 0. The Hall–Kier alpha value is -1.71. The van der Waals surface area contributed by atoms with Crippen molar-refractivity contribution in [1.82, 2.24) is 9.55 Å². The van der Waals surface area contributed by atoms with Crippen LogP contribution in [-0.4, -0.2) is 9.55 Å². The van der Waals surface area contributed by atoms with Gasteiger partial charge in [0.2, 0.25) is 0 Å². The van der Waals surface area contributed by atoms with Crippen molar-refractivity contribution in [3.63, 3.8) is 0 Å². The van der Waals surface area contributed by atoms with Crippen molar-refractivity contribution >= 4 is 0 Å². The zero-order valence-electron chi connectivity index (χ0n) is 8.24. The summed E-state index contributed by atoms with van der Waals surface area (Å²) in [6.07, 6.45) is 3.37. The molecule has 0 bridgehead atoms. The quantitative estimate of drug-likeness (QED) is 0.741. The van der Waals surface area contributed by atoms with E-state index in [1.165, 1.54) is 6.07 Å². The zero-order chi connectivity index (χ0) is 10.8. The third kappa shape index (κ3) is 2.03. The lowest BCUT2D eigenvalue weighted by atomic mass is 10.2. The molecule has 0 aliphatic carbocycles. The van der Waals surface area contributed by atoms with E-state index in [1.807, 2.05) is 6.92 Å². The van der Waals surface area contributed by atoms with Crippen molar-refractivity contribution in [2.75, 3.05) is 0 Å². The summed E-state index contributed by atoms with van der Waals surface area (Å²) in [6, 6.07) is 3.45. The van der Waals surface area contributed by atoms with Crippen LogP contribution in [0.1, 0.15) is 11.4 Å². The molecule has 0 N–H and O–H groups in total. The molecule has 2 aromatic rings. The van der Waals surface area contributed by atoms with E-state index in [0.717, 1.165) is 18.0 Å². The number of halogens is 2. The molecule has 0 saturated carbocycles. The van der Waals surface area contributed by atoms with Gasteiger partial charge in [0.15, 0.2) is 0 Å². The van der Waals surface area contributed by atoms with Gasteiger partial charge >= 0.3 is 0 Å². The molecule has 1 aromatic heterocycles. The van der Waals surface area contributed by atoms with Crippen molar-refractivity contribution in [2.45, 2.75) is 13.5 Å². The van der Waals surface area contributed by atoms with Crippen molar-refractivity contribution < 1.29 is 8.78 Å². The summed E-state index contributed by atoms with van der Waals surface area (Å²) in [7, 11) is 0. The Morgan fingerprint density at radius 2 is 2.13 bits per heavy atom. The molecule has 15 heavy (non-hydrogen) atoms. The van der Waals surface area contributed by atoms with Gasteiger partial charge in [-0.15, -0.1) is 0 Å². The van der Waals surface area contributed by atoms with E-state index in [1.54, 1.807) is 17.0 Å². The van der Waals surface area contributed by atoms with Crippen LogP contribution in [-0.2, 0) is 6.54 Å². The number of aryl methyl sites for hydroxylation is 1. The Bertz CT molecular complexity index is 477. The van der Waals surface area contributed by atoms with E-state index in [4.69, 9.17) is 0 Å². The smallest absolute Gasteiger partial charge is 0.128 e. The van der Waals surface area contributed by atoms with Crippen LogP contribution in [0.25, 0.3) is 0 Å². The van der Waals surface area contributed by atoms with Crippen molar-refractivity contribution in [2.24, 2.45) is 0 Å². The van der Waals surface area contributed by atoms with Crippen molar-refractivity contribution in [3.05, 3.63) is 53.6 Å². The maximum absolute atomic E-state index is 13.3. The molecule has 78 valence electrons. The van der Waals surface area contributed by atoms with E-state index < -0.39 is 11.6 Å². The SMILES string of the molecule is Cc1nccn1Cc1cc(F)ccc1F. The molecule has 0 radical (unpaired) electrons. The predicted molar refractivity (Wildman–Crippen MR) is 52.4 cm³/mol. The Labute approximate surface area is 86.2 Å². The van der Waals surface area contributed by atoms with Crippen LogP contribution in [0.2, 0.25) is 0 Å². The second-order valence-corrected chi connectivity index (χ2v) is 3.34. The molecule has 1 heterocycles. The molecule has 1 aromatic carbocycles. The third-order valence-electron chi connectivity index (χ3n) is 2.27. The van der Waals surface area contributed by atoms with Gasteiger partial charge in [-0.2, -0.15) is 0 Å². The van der Waals surface area contributed by atoms with Crippen molar-refractivity contribution in [3.8, 4) is 0 Å². The first-order valence-electron chi connectivity index (χ1n) is 4.58. The standard InChI is InChI=1S/C11H10F2N2/c1-8-14-4-5-15(8)7-9-6-10(12)2-3-11(9)13/h2-6H,7H2,1H3. The fourth-order valence-electron chi connectivity index (χ4n) is 1.42. The third-order valence-corrected chi connectivity index (χ3v) is 2.27. The lowest BCUT2D eigenvalue weighted by molar-refractivity contribution is 0.575. The first kappa shape index (κ1) is 9.83. The van der Waals surface area contributed by atoms with Gasteiger partial charge < -0.3 is 4.57 Å². The van der Waals surface area contributed by atoms with Crippen LogP contribution in [0.5, 0.6) is 0 Å². The molecular weight excluding hydrogens is 198 g/mol. The second-order valence-electron chi connectivity index (χ2n) is 3.34. The Balaban J connectivity index is 2.32. The summed E-state index contributed by atoms with van der Waals surface area (Å²) >= 11 is 0. The van der Waals surface area contributed by atoms with Crippen molar-refractivity contribution in [1.29, 1.82) is 0 Å². The largest absolute Gasteiger partial charge is 0.331 e. The Morgan fingerprint density at radius 1 is 1.33 bits per heavy atom. The number of hydrogen-bond acceptors (Lipinski definition) is 1. The van der Waals surface area contributed by atoms with Gasteiger partial charge in [0.1, 0.15) is 17.5 Å². The molecule has 0 saturated heterocycles. The maximum atomic E-state index is 13.3. The van der Waals surface area contributed by atoms with E-state index in [9.17, 15) is 8.78 Å². The van der Waals surface area contributed by atoms with Crippen LogP contribution in [0.15, 0.2) is 30.6 Å². The number of benzene rings is 1.